The lowest BCUT2D eigenvalue weighted by molar-refractivity contribution is 0.179. The van der Waals surface area contributed by atoms with Gasteiger partial charge in [0, 0.05) is 49.8 Å². The Balaban J connectivity index is 0.00000192. The van der Waals surface area contributed by atoms with E-state index in [-0.39, 0.29) is 12.4 Å². The molecule has 1 aromatic rings. The van der Waals surface area contributed by atoms with Crippen LogP contribution in [-0.4, -0.2) is 62.9 Å². The molecule has 2 aliphatic rings. The molecule has 3 rings (SSSR count). The maximum atomic E-state index is 12.8. The van der Waals surface area contributed by atoms with E-state index in [2.05, 4.69) is 26.1 Å². The zero-order valence-corrected chi connectivity index (χ0v) is 16.4. The van der Waals surface area contributed by atoms with Crippen molar-refractivity contribution in [2.45, 2.75) is 24.3 Å². The zero-order valence-electron chi connectivity index (χ0n) is 13.2. The summed E-state index contributed by atoms with van der Waals surface area (Å²) >= 11 is 3.42. The van der Waals surface area contributed by atoms with Crippen LogP contribution < -0.4 is 5.32 Å². The van der Waals surface area contributed by atoms with Crippen molar-refractivity contribution in [3.63, 3.8) is 0 Å². The molecule has 1 unspecified atom stereocenters. The normalized spacial score (nSPS) is 23.7. The second kappa shape index (κ2) is 7.80. The van der Waals surface area contributed by atoms with Crippen LogP contribution in [0, 0.1) is 6.92 Å². The number of nitrogens with zero attached hydrogens (tertiary/aromatic N) is 2. The number of benzene rings is 1. The smallest absolute Gasteiger partial charge is 0.243 e. The van der Waals surface area contributed by atoms with E-state index in [1.54, 1.807) is 16.4 Å². The summed E-state index contributed by atoms with van der Waals surface area (Å²) in [7, 11) is -3.39. The number of hydrogen-bond acceptors (Lipinski definition) is 4. The van der Waals surface area contributed by atoms with Gasteiger partial charge < -0.3 is 5.32 Å². The van der Waals surface area contributed by atoms with Gasteiger partial charge >= 0.3 is 0 Å². The first kappa shape index (κ1) is 19.1. The third kappa shape index (κ3) is 4.08. The molecule has 5 nitrogen and oxygen atoms in total. The Morgan fingerprint density at radius 3 is 2.57 bits per heavy atom. The molecule has 2 fully saturated rings. The standard InChI is InChI=1S/C15H22BrN3O2S.ClH/c1-12-2-3-14(10-15(12)16)22(20,21)19-7-4-13(11-19)18-8-5-17-6-9-18;/h2-3,10,13,17H,4-9,11H2,1H3;1H. The van der Waals surface area contributed by atoms with Gasteiger partial charge in [-0.3, -0.25) is 4.90 Å². The Bertz CT molecular complexity index is 650. The van der Waals surface area contributed by atoms with Crippen LogP contribution in [0.5, 0.6) is 0 Å². The van der Waals surface area contributed by atoms with E-state index >= 15 is 0 Å². The average Bonchev–Trinajstić information content (AvgIpc) is 3.01. The lowest BCUT2D eigenvalue weighted by Crippen LogP contribution is -2.49. The van der Waals surface area contributed by atoms with Gasteiger partial charge in [0.15, 0.2) is 0 Å². The first-order valence-corrected chi connectivity index (χ1v) is 9.93. The summed E-state index contributed by atoms with van der Waals surface area (Å²) in [4.78, 5) is 2.79. The van der Waals surface area contributed by atoms with E-state index in [9.17, 15) is 8.42 Å². The first-order valence-electron chi connectivity index (χ1n) is 7.69. The van der Waals surface area contributed by atoms with Gasteiger partial charge in [-0.2, -0.15) is 4.31 Å². The molecular weight excluding hydrogens is 402 g/mol. The summed E-state index contributed by atoms with van der Waals surface area (Å²) in [6, 6.07) is 5.61. The maximum Gasteiger partial charge on any atom is 0.243 e. The molecule has 0 aliphatic carbocycles. The van der Waals surface area contributed by atoms with E-state index in [0.29, 0.717) is 24.0 Å². The average molecular weight is 425 g/mol. The van der Waals surface area contributed by atoms with Crippen molar-refractivity contribution < 1.29 is 8.42 Å². The molecular formula is C15H23BrClN3O2S. The Morgan fingerprint density at radius 1 is 1.22 bits per heavy atom. The predicted octanol–water partition coefficient (Wildman–Crippen LogP) is 1.85. The number of halogens is 2. The van der Waals surface area contributed by atoms with Gasteiger partial charge in [-0.15, -0.1) is 12.4 Å². The zero-order chi connectivity index (χ0) is 15.7. The topological polar surface area (TPSA) is 52.7 Å². The maximum absolute atomic E-state index is 12.8. The molecule has 0 bridgehead atoms. The minimum Gasteiger partial charge on any atom is -0.314 e. The van der Waals surface area contributed by atoms with Crippen molar-refractivity contribution in [1.82, 2.24) is 14.5 Å². The highest BCUT2D eigenvalue weighted by Gasteiger charge is 2.35. The fraction of sp³-hybridized carbons (Fsp3) is 0.600. The number of sulfonamides is 1. The molecule has 1 N–H and O–H groups in total. The molecule has 0 aromatic heterocycles. The number of rotatable bonds is 3. The van der Waals surface area contributed by atoms with Gasteiger partial charge in [0.1, 0.15) is 0 Å². The van der Waals surface area contributed by atoms with Gasteiger partial charge in [-0.1, -0.05) is 22.0 Å². The predicted molar refractivity (Wildman–Crippen MR) is 97.7 cm³/mol. The Labute approximate surface area is 153 Å². The van der Waals surface area contributed by atoms with Crippen LogP contribution in [0.15, 0.2) is 27.6 Å². The van der Waals surface area contributed by atoms with Crippen molar-refractivity contribution in [2.75, 3.05) is 39.3 Å². The molecule has 1 aromatic carbocycles. The fourth-order valence-corrected chi connectivity index (χ4v) is 5.21. The molecule has 0 saturated carbocycles. The highest BCUT2D eigenvalue weighted by molar-refractivity contribution is 9.10. The van der Waals surface area contributed by atoms with Crippen LogP contribution in [0.4, 0.5) is 0 Å². The van der Waals surface area contributed by atoms with Crippen LogP contribution in [0.25, 0.3) is 0 Å². The molecule has 0 spiro atoms. The summed E-state index contributed by atoms with van der Waals surface area (Å²) < 4.78 is 28.1. The number of hydrogen-bond donors (Lipinski definition) is 1. The highest BCUT2D eigenvalue weighted by Crippen LogP contribution is 2.27. The van der Waals surface area contributed by atoms with Crippen molar-refractivity contribution in [2.24, 2.45) is 0 Å². The summed E-state index contributed by atoms with van der Waals surface area (Å²) in [6.07, 6.45) is 0.923. The van der Waals surface area contributed by atoms with Crippen LogP contribution in [0.2, 0.25) is 0 Å². The van der Waals surface area contributed by atoms with Gasteiger partial charge in [0.2, 0.25) is 10.0 Å². The lowest BCUT2D eigenvalue weighted by Gasteiger charge is -2.32. The summed E-state index contributed by atoms with van der Waals surface area (Å²) in [5, 5.41) is 3.34. The second-order valence-electron chi connectivity index (χ2n) is 6.00. The SMILES string of the molecule is Cc1ccc(S(=O)(=O)N2CCC(N3CCNCC3)C2)cc1Br.Cl. The molecule has 0 amide bonds. The molecule has 2 saturated heterocycles. The molecule has 8 heteroatoms. The van der Waals surface area contributed by atoms with Crippen LogP contribution in [-0.2, 0) is 10.0 Å². The Morgan fingerprint density at radius 2 is 1.91 bits per heavy atom. The molecule has 2 aliphatic heterocycles. The second-order valence-corrected chi connectivity index (χ2v) is 8.79. The number of piperazine rings is 1. The van der Waals surface area contributed by atoms with Crippen LogP contribution >= 0.6 is 28.3 Å². The third-order valence-corrected chi connectivity index (χ3v) is 7.29. The van der Waals surface area contributed by atoms with Gasteiger partial charge in [-0.25, -0.2) is 8.42 Å². The fourth-order valence-electron chi connectivity index (χ4n) is 3.16. The monoisotopic (exact) mass is 423 g/mol. The summed E-state index contributed by atoms with van der Waals surface area (Å²) in [6.45, 7) is 7.18. The van der Waals surface area contributed by atoms with E-state index in [1.165, 1.54) is 0 Å². The highest BCUT2D eigenvalue weighted by atomic mass is 79.9. The summed E-state index contributed by atoms with van der Waals surface area (Å²) in [5.74, 6) is 0. The Kier molecular flexibility index (Phi) is 6.49. The number of nitrogens with one attached hydrogen (secondary N) is 1. The lowest BCUT2D eigenvalue weighted by atomic mass is 10.2. The van der Waals surface area contributed by atoms with Crippen molar-refractivity contribution >= 4 is 38.4 Å². The third-order valence-electron chi connectivity index (χ3n) is 4.58. The van der Waals surface area contributed by atoms with Crippen LogP contribution in [0.3, 0.4) is 0 Å². The van der Waals surface area contributed by atoms with Gasteiger partial charge in [0.25, 0.3) is 0 Å². The largest absolute Gasteiger partial charge is 0.314 e. The minimum atomic E-state index is -3.39. The number of aryl methyl sites for hydroxylation is 1. The van der Waals surface area contributed by atoms with E-state index in [0.717, 1.165) is 42.6 Å². The van der Waals surface area contributed by atoms with Crippen molar-refractivity contribution in [3.8, 4) is 0 Å². The molecule has 1 atom stereocenters. The quantitative estimate of drug-likeness (QED) is 0.804. The van der Waals surface area contributed by atoms with Gasteiger partial charge in [-0.05, 0) is 31.0 Å². The van der Waals surface area contributed by atoms with E-state index in [1.807, 2.05) is 13.0 Å². The molecule has 130 valence electrons. The van der Waals surface area contributed by atoms with E-state index < -0.39 is 10.0 Å². The summed E-state index contributed by atoms with van der Waals surface area (Å²) in [5.41, 5.74) is 1.04. The minimum absolute atomic E-state index is 0. The van der Waals surface area contributed by atoms with E-state index in [4.69, 9.17) is 0 Å². The Hall–Kier alpha value is -0.180. The van der Waals surface area contributed by atoms with Crippen molar-refractivity contribution in [1.29, 1.82) is 0 Å². The molecule has 23 heavy (non-hydrogen) atoms. The van der Waals surface area contributed by atoms with Crippen molar-refractivity contribution in [3.05, 3.63) is 28.2 Å². The molecule has 2 heterocycles. The van der Waals surface area contributed by atoms with Gasteiger partial charge in [0.05, 0.1) is 4.90 Å². The first-order chi connectivity index (χ1) is 10.5. The molecule has 0 radical (unpaired) electrons. The van der Waals surface area contributed by atoms with Crippen LogP contribution in [0.1, 0.15) is 12.0 Å².